The van der Waals surface area contributed by atoms with Crippen LogP contribution in [-0.4, -0.2) is 29.0 Å². The minimum absolute atomic E-state index is 0.122. The minimum atomic E-state index is -0.722. The molecule has 2 aromatic carbocycles. The Hall–Kier alpha value is -2.93. The molecule has 31 heavy (non-hydrogen) atoms. The quantitative estimate of drug-likeness (QED) is 0.321. The van der Waals surface area contributed by atoms with E-state index in [9.17, 15) is 14.4 Å². The molecule has 0 aliphatic carbocycles. The Kier molecular flexibility index (Phi) is 9.46. The lowest BCUT2D eigenvalue weighted by Crippen LogP contribution is -2.47. The molecule has 0 fully saturated rings. The topological polar surface area (TPSA) is 108 Å². The summed E-state index contributed by atoms with van der Waals surface area (Å²) in [5.74, 6) is -1.68. The van der Waals surface area contributed by atoms with E-state index < -0.39 is 17.9 Å². The zero-order chi connectivity index (χ0) is 22.8. The molecule has 0 aliphatic rings. The van der Waals surface area contributed by atoms with Crippen molar-refractivity contribution >= 4 is 34.2 Å². The number of anilines is 1. The van der Waals surface area contributed by atoms with Crippen LogP contribution < -0.4 is 16.1 Å². The van der Waals surface area contributed by atoms with Gasteiger partial charge in [-0.1, -0.05) is 63.9 Å². The van der Waals surface area contributed by atoms with Gasteiger partial charge in [-0.25, -0.2) is 5.48 Å². The molecule has 0 saturated heterocycles. The van der Waals surface area contributed by atoms with Crippen molar-refractivity contribution < 1.29 is 19.6 Å². The van der Waals surface area contributed by atoms with Crippen molar-refractivity contribution in [2.24, 2.45) is 11.8 Å². The molecule has 4 N–H and O–H groups in total. The van der Waals surface area contributed by atoms with E-state index in [2.05, 4.69) is 10.6 Å². The summed E-state index contributed by atoms with van der Waals surface area (Å²) in [6.07, 6.45) is 2.51. The molecule has 0 heterocycles. The van der Waals surface area contributed by atoms with E-state index in [-0.39, 0.29) is 24.2 Å². The zero-order valence-electron chi connectivity index (χ0n) is 18.5. The third kappa shape index (κ3) is 7.68. The fraction of sp³-hybridized carbons (Fsp3) is 0.458. The van der Waals surface area contributed by atoms with Crippen molar-refractivity contribution in [3.05, 3.63) is 42.5 Å². The lowest BCUT2D eigenvalue weighted by molar-refractivity contribution is -0.136. The van der Waals surface area contributed by atoms with Crippen molar-refractivity contribution in [3.8, 4) is 0 Å². The standard InChI is InChI=1S/C24H33N3O4/c1-4-5-8-19(15-22(28)27-31)23(29)26-21(13-16(2)3)24(30)25-20-12-11-17-9-6-7-10-18(17)14-20/h6-7,9-12,14,16,19,21,31H,4-5,8,13,15H2,1-3H3,(H,25,30)(H,26,29)(H,27,28)/t19-,21+/m1/s1. The van der Waals surface area contributed by atoms with Gasteiger partial charge in [-0.3, -0.25) is 19.6 Å². The summed E-state index contributed by atoms with van der Waals surface area (Å²) >= 11 is 0. The van der Waals surface area contributed by atoms with Crippen LogP contribution in [0.1, 0.15) is 52.9 Å². The second-order valence-electron chi connectivity index (χ2n) is 8.32. The van der Waals surface area contributed by atoms with E-state index >= 15 is 0 Å². The molecule has 0 unspecified atom stereocenters. The lowest BCUT2D eigenvalue weighted by atomic mass is 9.95. The molecule has 0 saturated carbocycles. The number of hydroxylamine groups is 1. The van der Waals surface area contributed by atoms with E-state index in [0.717, 1.165) is 23.6 Å². The summed E-state index contributed by atoms with van der Waals surface area (Å²) in [7, 11) is 0. The number of carbonyl (C=O) groups is 3. The van der Waals surface area contributed by atoms with Gasteiger partial charge in [0, 0.05) is 18.0 Å². The highest BCUT2D eigenvalue weighted by Crippen LogP contribution is 2.20. The minimum Gasteiger partial charge on any atom is -0.344 e. The molecule has 0 aromatic heterocycles. The SMILES string of the molecule is CCCC[C@H](CC(=O)NO)C(=O)N[C@@H](CC(C)C)C(=O)Nc1ccc2ccccc2c1. The Morgan fingerprint density at radius 2 is 1.71 bits per heavy atom. The van der Waals surface area contributed by atoms with E-state index in [4.69, 9.17) is 5.21 Å². The Morgan fingerprint density at radius 3 is 2.35 bits per heavy atom. The Balaban J connectivity index is 2.13. The first-order chi connectivity index (χ1) is 14.8. The van der Waals surface area contributed by atoms with Crippen LogP contribution in [0.4, 0.5) is 5.69 Å². The van der Waals surface area contributed by atoms with Crippen LogP contribution in [0.15, 0.2) is 42.5 Å². The summed E-state index contributed by atoms with van der Waals surface area (Å²) in [6, 6.07) is 12.8. The van der Waals surface area contributed by atoms with Crippen molar-refractivity contribution in [2.75, 3.05) is 5.32 Å². The van der Waals surface area contributed by atoms with Crippen molar-refractivity contribution in [2.45, 2.75) is 58.9 Å². The Morgan fingerprint density at radius 1 is 1.00 bits per heavy atom. The van der Waals surface area contributed by atoms with Crippen LogP contribution >= 0.6 is 0 Å². The molecule has 0 bridgehead atoms. The van der Waals surface area contributed by atoms with Crippen LogP contribution in [-0.2, 0) is 14.4 Å². The highest BCUT2D eigenvalue weighted by Gasteiger charge is 2.27. The normalized spacial score (nSPS) is 12.9. The monoisotopic (exact) mass is 427 g/mol. The van der Waals surface area contributed by atoms with E-state index in [1.807, 2.05) is 63.2 Å². The van der Waals surface area contributed by atoms with E-state index in [0.29, 0.717) is 18.5 Å². The van der Waals surface area contributed by atoms with Gasteiger partial charge < -0.3 is 10.6 Å². The predicted octanol–water partition coefficient (Wildman–Crippen LogP) is 4.01. The van der Waals surface area contributed by atoms with Crippen molar-refractivity contribution in [1.82, 2.24) is 10.8 Å². The van der Waals surface area contributed by atoms with Gasteiger partial charge in [0.05, 0.1) is 0 Å². The van der Waals surface area contributed by atoms with Crippen LogP contribution in [0.5, 0.6) is 0 Å². The number of carbonyl (C=O) groups excluding carboxylic acids is 3. The molecule has 168 valence electrons. The van der Waals surface area contributed by atoms with Crippen LogP contribution in [0, 0.1) is 11.8 Å². The molecule has 2 aromatic rings. The van der Waals surface area contributed by atoms with Gasteiger partial charge in [0.1, 0.15) is 6.04 Å². The summed E-state index contributed by atoms with van der Waals surface area (Å²) in [4.78, 5) is 37.5. The van der Waals surface area contributed by atoms with Gasteiger partial charge in [-0.15, -0.1) is 0 Å². The molecular weight excluding hydrogens is 394 g/mol. The third-order valence-electron chi connectivity index (χ3n) is 5.19. The number of nitrogens with one attached hydrogen (secondary N) is 3. The molecule has 0 aliphatic heterocycles. The lowest BCUT2D eigenvalue weighted by Gasteiger charge is -2.23. The van der Waals surface area contributed by atoms with Gasteiger partial charge >= 0.3 is 0 Å². The fourth-order valence-corrected chi connectivity index (χ4v) is 3.53. The summed E-state index contributed by atoms with van der Waals surface area (Å²) < 4.78 is 0. The maximum absolute atomic E-state index is 13.0. The Bertz CT molecular complexity index is 897. The van der Waals surface area contributed by atoms with Gasteiger partial charge in [0.2, 0.25) is 17.7 Å². The number of hydrogen-bond acceptors (Lipinski definition) is 4. The average molecular weight is 428 g/mol. The summed E-state index contributed by atoms with van der Waals surface area (Å²) in [6.45, 7) is 5.96. The zero-order valence-corrected chi connectivity index (χ0v) is 18.5. The largest absolute Gasteiger partial charge is 0.344 e. The molecule has 7 nitrogen and oxygen atoms in total. The van der Waals surface area contributed by atoms with Gasteiger partial charge in [0.15, 0.2) is 0 Å². The van der Waals surface area contributed by atoms with E-state index in [1.165, 1.54) is 0 Å². The fourth-order valence-electron chi connectivity index (χ4n) is 3.53. The molecule has 0 spiro atoms. The van der Waals surface area contributed by atoms with Crippen LogP contribution in [0.2, 0.25) is 0 Å². The van der Waals surface area contributed by atoms with E-state index in [1.54, 1.807) is 5.48 Å². The Labute approximate surface area is 183 Å². The molecule has 7 heteroatoms. The summed E-state index contributed by atoms with van der Waals surface area (Å²) in [5, 5.41) is 16.7. The van der Waals surface area contributed by atoms with Crippen LogP contribution in [0.25, 0.3) is 10.8 Å². The maximum Gasteiger partial charge on any atom is 0.246 e. The number of unbranched alkanes of at least 4 members (excludes halogenated alkanes) is 1. The molecule has 2 atom stereocenters. The molecular formula is C24H33N3O4. The maximum atomic E-state index is 13.0. The first-order valence-corrected chi connectivity index (χ1v) is 10.9. The second kappa shape index (κ2) is 12.1. The molecule has 3 amide bonds. The van der Waals surface area contributed by atoms with Crippen molar-refractivity contribution in [3.63, 3.8) is 0 Å². The van der Waals surface area contributed by atoms with Crippen molar-refractivity contribution in [1.29, 1.82) is 0 Å². The number of fused-ring (bicyclic) bond motifs is 1. The highest BCUT2D eigenvalue weighted by molar-refractivity contribution is 5.99. The number of rotatable bonds is 11. The highest BCUT2D eigenvalue weighted by atomic mass is 16.5. The first kappa shape index (κ1) is 24.3. The number of amides is 3. The van der Waals surface area contributed by atoms with Gasteiger partial charge in [-0.2, -0.15) is 0 Å². The molecule has 2 rings (SSSR count). The smallest absolute Gasteiger partial charge is 0.246 e. The van der Waals surface area contributed by atoms with Gasteiger partial charge in [0.25, 0.3) is 0 Å². The summed E-state index contributed by atoms with van der Waals surface area (Å²) in [5.41, 5.74) is 2.25. The van der Waals surface area contributed by atoms with Gasteiger partial charge in [-0.05, 0) is 41.7 Å². The first-order valence-electron chi connectivity index (χ1n) is 10.9. The van der Waals surface area contributed by atoms with Crippen LogP contribution in [0.3, 0.4) is 0 Å². The third-order valence-corrected chi connectivity index (χ3v) is 5.19. The molecule has 0 radical (unpaired) electrons. The number of hydrogen-bond donors (Lipinski definition) is 4. The predicted molar refractivity (Wildman–Crippen MR) is 122 cm³/mol. The average Bonchev–Trinajstić information content (AvgIpc) is 2.75. The second-order valence-corrected chi connectivity index (χ2v) is 8.32. The number of benzene rings is 2.